The Morgan fingerprint density at radius 1 is 1.17 bits per heavy atom. The summed E-state index contributed by atoms with van der Waals surface area (Å²) in [6, 6.07) is 13.7. The number of benzene rings is 1. The fraction of sp³-hybridized carbons (Fsp3) is 0.364. The molecule has 1 fully saturated rings. The van der Waals surface area contributed by atoms with E-state index in [0.29, 0.717) is 37.6 Å². The fourth-order valence-electron chi connectivity index (χ4n) is 3.43. The van der Waals surface area contributed by atoms with Crippen molar-refractivity contribution in [1.82, 2.24) is 20.0 Å². The quantitative estimate of drug-likeness (QED) is 0.585. The first-order valence-electron chi connectivity index (χ1n) is 9.94. The van der Waals surface area contributed by atoms with E-state index >= 15 is 0 Å². The summed E-state index contributed by atoms with van der Waals surface area (Å²) in [6.45, 7) is 1.96. The maximum Gasteiger partial charge on any atom is 0.227 e. The Balaban J connectivity index is 1.38. The van der Waals surface area contributed by atoms with Crippen molar-refractivity contribution in [2.75, 3.05) is 13.2 Å². The summed E-state index contributed by atoms with van der Waals surface area (Å²) in [5, 5.41) is 3.99. The minimum absolute atomic E-state index is 0.0606. The van der Waals surface area contributed by atoms with Crippen molar-refractivity contribution in [1.29, 1.82) is 0 Å². The summed E-state index contributed by atoms with van der Waals surface area (Å²) in [7, 11) is 0. The van der Waals surface area contributed by atoms with Crippen molar-refractivity contribution in [3.05, 3.63) is 66.3 Å². The predicted octanol–water partition coefficient (Wildman–Crippen LogP) is 3.27. The topological polar surface area (TPSA) is 81.3 Å². The SMILES string of the molecule is O=C(CCc1nc(-c2cccnc2)no1)N(Cc1ccccc1)CC1CCCO1. The molecule has 3 aromatic rings. The van der Waals surface area contributed by atoms with Gasteiger partial charge in [0, 0.05) is 50.5 Å². The van der Waals surface area contributed by atoms with E-state index in [0.717, 1.165) is 30.6 Å². The van der Waals surface area contributed by atoms with Crippen molar-refractivity contribution in [3.8, 4) is 11.4 Å². The first-order valence-corrected chi connectivity index (χ1v) is 9.94. The molecule has 1 unspecified atom stereocenters. The number of hydrogen-bond acceptors (Lipinski definition) is 6. The largest absolute Gasteiger partial charge is 0.376 e. The van der Waals surface area contributed by atoms with Crippen molar-refractivity contribution >= 4 is 5.91 Å². The minimum atomic E-state index is 0.0606. The average Bonchev–Trinajstić information content (AvgIpc) is 3.45. The Kier molecular flexibility index (Phi) is 6.26. The second-order valence-electron chi connectivity index (χ2n) is 7.15. The first-order chi connectivity index (χ1) is 14.3. The number of pyridine rings is 1. The fourth-order valence-corrected chi connectivity index (χ4v) is 3.43. The highest BCUT2D eigenvalue weighted by molar-refractivity contribution is 5.76. The molecular formula is C22H24N4O3. The molecule has 1 aliphatic rings. The van der Waals surface area contributed by atoms with Gasteiger partial charge in [-0.3, -0.25) is 9.78 Å². The molecule has 2 aromatic heterocycles. The third-order valence-corrected chi connectivity index (χ3v) is 4.96. The monoisotopic (exact) mass is 392 g/mol. The van der Waals surface area contributed by atoms with Crippen LogP contribution in [-0.4, -0.2) is 45.2 Å². The molecule has 1 atom stereocenters. The second kappa shape index (κ2) is 9.43. The van der Waals surface area contributed by atoms with E-state index in [4.69, 9.17) is 9.26 Å². The van der Waals surface area contributed by atoms with Crippen molar-refractivity contribution in [2.45, 2.75) is 38.3 Å². The Labute approximate surface area is 169 Å². The van der Waals surface area contributed by atoms with Gasteiger partial charge < -0.3 is 14.2 Å². The van der Waals surface area contributed by atoms with Crippen LogP contribution >= 0.6 is 0 Å². The van der Waals surface area contributed by atoms with Crippen molar-refractivity contribution < 1.29 is 14.1 Å². The highest BCUT2D eigenvalue weighted by Gasteiger charge is 2.23. The van der Waals surface area contributed by atoms with Crippen LogP contribution in [0.3, 0.4) is 0 Å². The number of amides is 1. The van der Waals surface area contributed by atoms with Crippen LogP contribution in [0.1, 0.15) is 30.7 Å². The molecule has 1 aliphatic heterocycles. The van der Waals surface area contributed by atoms with E-state index in [-0.39, 0.29) is 12.0 Å². The van der Waals surface area contributed by atoms with Crippen LogP contribution in [0.25, 0.3) is 11.4 Å². The van der Waals surface area contributed by atoms with Gasteiger partial charge in [0.1, 0.15) is 0 Å². The molecule has 7 heteroatoms. The molecule has 0 N–H and O–H groups in total. The molecule has 150 valence electrons. The maximum absolute atomic E-state index is 13.0. The summed E-state index contributed by atoms with van der Waals surface area (Å²) in [5.41, 5.74) is 1.90. The summed E-state index contributed by atoms with van der Waals surface area (Å²) in [4.78, 5) is 23.3. The van der Waals surface area contributed by atoms with E-state index in [1.807, 2.05) is 47.4 Å². The number of ether oxygens (including phenoxy) is 1. The lowest BCUT2D eigenvalue weighted by Gasteiger charge is -2.25. The van der Waals surface area contributed by atoms with Gasteiger partial charge >= 0.3 is 0 Å². The number of carbonyl (C=O) groups excluding carboxylic acids is 1. The average molecular weight is 392 g/mol. The standard InChI is InChI=1S/C22H24N4O3/c27-21(11-10-20-24-22(25-29-20)18-8-4-12-23-14-18)26(16-19-9-5-13-28-19)15-17-6-2-1-3-7-17/h1-4,6-8,12,14,19H,5,9-11,13,15-16H2. The zero-order chi connectivity index (χ0) is 19.9. The molecule has 0 saturated carbocycles. The van der Waals surface area contributed by atoms with E-state index in [9.17, 15) is 4.79 Å². The molecule has 0 bridgehead atoms. The molecular weight excluding hydrogens is 368 g/mol. The highest BCUT2D eigenvalue weighted by atomic mass is 16.5. The highest BCUT2D eigenvalue weighted by Crippen LogP contribution is 2.18. The molecule has 0 radical (unpaired) electrons. The minimum Gasteiger partial charge on any atom is -0.376 e. The van der Waals surface area contributed by atoms with Crippen LogP contribution < -0.4 is 0 Å². The Bertz CT molecular complexity index is 908. The zero-order valence-electron chi connectivity index (χ0n) is 16.2. The molecule has 7 nitrogen and oxygen atoms in total. The van der Waals surface area contributed by atoms with E-state index < -0.39 is 0 Å². The van der Waals surface area contributed by atoms with Crippen LogP contribution in [0.15, 0.2) is 59.4 Å². The van der Waals surface area contributed by atoms with Crippen molar-refractivity contribution in [3.63, 3.8) is 0 Å². The van der Waals surface area contributed by atoms with E-state index in [1.165, 1.54) is 0 Å². The van der Waals surface area contributed by atoms with Crippen molar-refractivity contribution in [2.24, 2.45) is 0 Å². The van der Waals surface area contributed by atoms with Gasteiger partial charge in [0.15, 0.2) is 0 Å². The van der Waals surface area contributed by atoms with E-state index in [2.05, 4.69) is 15.1 Å². The number of aryl methyl sites for hydroxylation is 1. The lowest BCUT2D eigenvalue weighted by atomic mass is 10.1. The third kappa shape index (κ3) is 5.26. The summed E-state index contributed by atoms with van der Waals surface area (Å²) in [5.74, 6) is 1.00. The Morgan fingerprint density at radius 2 is 2.07 bits per heavy atom. The summed E-state index contributed by atoms with van der Waals surface area (Å²) < 4.78 is 11.1. The third-order valence-electron chi connectivity index (χ3n) is 4.96. The van der Waals surface area contributed by atoms with Gasteiger partial charge in [0.25, 0.3) is 0 Å². The van der Waals surface area contributed by atoms with E-state index in [1.54, 1.807) is 12.4 Å². The number of rotatable bonds is 8. The number of aromatic nitrogens is 3. The van der Waals surface area contributed by atoms with Crippen LogP contribution in [0.5, 0.6) is 0 Å². The van der Waals surface area contributed by atoms with Crippen LogP contribution in [-0.2, 0) is 22.5 Å². The molecule has 0 spiro atoms. The summed E-state index contributed by atoms with van der Waals surface area (Å²) in [6.07, 6.45) is 6.26. The zero-order valence-corrected chi connectivity index (χ0v) is 16.2. The Morgan fingerprint density at radius 3 is 2.83 bits per heavy atom. The van der Waals surface area contributed by atoms with Crippen LogP contribution in [0, 0.1) is 0 Å². The predicted molar refractivity (Wildman–Crippen MR) is 107 cm³/mol. The van der Waals surface area contributed by atoms with Gasteiger partial charge in [-0.05, 0) is 30.5 Å². The lowest BCUT2D eigenvalue weighted by Crippen LogP contribution is -2.37. The number of nitrogens with zero attached hydrogens (tertiary/aromatic N) is 4. The van der Waals surface area contributed by atoms with Gasteiger partial charge in [0.05, 0.1) is 6.10 Å². The van der Waals surface area contributed by atoms with Gasteiger partial charge in [-0.2, -0.15) is 4.98 Å². The Hall–Kier alpha value is -3.06. The normalized spacial score (nSPS) is 16.1. The summed E-state index contributed by atoms with van der Waals surface area (Å²) >= 11 is 0. The number of hydrogen-bond donors (Lipinski definition) is 0. The first kappa shape index (κ1) is 19.3. The molecule has 4 rings (SSSR count). The van der Waals surface area contributed by atoms with Gasteiger partial charge in [0.2, 0.25) is 17.6 Å². The van der Waals surface area contributed by atoms with Gasteiger partial charge in [-0.15, -0.1) is 0 Å². The van der Waals surface area contributed by atoms with Crippen LogP contribution in [0.4, 0.5) is 0 Å². The molecule has 1 amide bonds. The lowest BCUT2D eigenvalue weighted by molar-refractivity contribution is -0.133. The smallest absolute Gasteiger partial charge is 0.227 e. The maximum atomic E-state index is 13.0. The van der Waals surface area contributed by atoms with Crippen LogP contribution in [0.2, 0.25) is 0 Å². The second-order valence-corrected chi connectivity index (χ2v) is 7.15. The number of carbonyl (C=O) groups is 1. The van der Waals surface area contributed by atoms with Gasteiger partial charge in [-0.25, -0.2) is 0 Å². The molecule has 1 aromatic carbocycles. The van der Waals surface area contributed by atoms with Gasteiger partial charge in [-0.1, -0.05) is 35.5 Å². The molecule has 0 aliphatic carbocycles. The molecule has 1 saturated heterocycles. The molecule has 29 heavy (non-hydrogen) atoms. The molecule has 3 heterocycles.